The fraction of sp³-hybridized carbons (Fsp3) is 0.786. The highest BCUT2D eigenvalue weighted by molar-refractivity contribution is 5.38. The molecule has 0 aromatic heterocycles. The van der Waals surface area contributed by atoms with E-state index in [1.54, 1.807) is 5.57 Å². The number of aliphatic hydroxyl groups is 3. The molecular weight excluding hydrogens is 398 g/mol. The predicted molar refractivity (Wildman–Crippen MR) is 130 cm³/mol. The van der Waals surface area contributed by atoms with E-state index in [1.807, 2.05) is 6.92 Å². The second kappa shape index (κ2) is 9.37. The third kappa shape index (κ3) is 4.94. The van der Waals surface area contributed by atoms with Crippen LogP contribution in [0.5, 0.6) is 0 Å². The van der Waals surface area contributed by atoms with Gasteiger partial charge in [0.15, 0.2) is 0 Å². The Morgan fingerprint density at radius 1 is 1.12 bits per heavy atom. The summed E-state index contributed by atoms with van der Waals surface area (Å²) in [6, 6.07) is 0. The van der Waals surface area contributed by atoms with E-state index in [2.05, 4.69) is 37.5 Å². The number of fused-ring (bicyclic) bond motifs is 1. The Balaban J connectivity index is 1.44. The highest BCUT2D eigenvalue weighted by Crippen LogP contribution is 2.59. The standard InChI is InChI=1S/C28H45NO3/c1-19(18-29-14-12-27(3,32)13-15-29)24-9-10-25-21(6-5-11-28(24,25)4)7-8-22-16-23(30)17-26(31)20(22)2/h7-8,19,23-26,30-32H,2,5-6,9-18H2,1,3-4H3/b21-7+,22-8-/t19-,23-,24-,25+,26+,28-/m1/s1. The summed E-state index contributed by atoms with van der Waals surface area (Å²) in [7, 11) is 0. The summed E-state index contributed by atoms with van der Waals surface area (Å²) >= 11 is 0. The number of nitrogens with zero attached hydrogens (tertiary/aromatic N) is 1. The molecule has 1 aliphatic heterocycles. The average molecular weight is 444 g/mol. The van der Waals surface area contributed by atoms with Gasteiger partial charge in [0.1, 0.15) is 0 Å². The second-order valence-corrected chi connectivity index (χ2v) is 11.9. The quantitative estimate of drug-likeness (QED) is 0.594. The lowest BCUT2D eigenvalue weighted by Gasteiger charge is -2.46. The van der Waals surface area contributed by atoms with Gasteiger partial charge in [0.2, 0.25) is 0 Å². The Morgan fingerprint density at radius 3 is 2.56 bits per heavy atom. The highest BCUT2D eigenvalue weighted by atomic mass is 16.3. The smallest absolute Gasteiger partial charge is 0.0811 e. The van der Waals surface area contributed by atoms with Crippen molar-refractivity contribution in [2.75, 3.05) is 19.6 Å². The number of piperidine rings is 1. The van der Waals surface area contributed by atoms with Gasteiger partial charge in [0.25, 0.3) is 0 Å². The first-order valence-corrected chi connectivity index (χ1v) is 13.0. The monoisotopic (exact) mass is 443 g/mol. The van der Waals surface area contributed by atoms with Gasteiger partial charge in [0, 0.05) is 26.1 Å². The number of aliphatic hydroxyl groups excluding tert-OH is 2. The molecule has 0 bridgehead atoms. The number of hydrogen-bond acceptors (Lipinski definition) is 4. The number of allylic oxidation sites excluding steroid dienone is 3. The van der Waals surface area contributed by atoms with Crippen LogP contribution in [0.15, 0.2) is 35.5 Å². The molecule has 3 aliphatic carbocycles. The molecule has 4 nitrogen and oxygen atoms in total. The SMILES string of the molecule is C=C1/C(=C\C=C2/CCC[C@]3(C)[C@@H]([C@H](C)CN4CCC(C)(O)CC4)CC[C@@H]23)C[C@@H](O)C[C@@H]1O. The summed E-state index contributed by atoms with van der Waals surface area (Å²) < 4.78 is 0. The number of likely N-dealkylation sites (tertiary alicyclic amines) is 1. The van der Waals surface area contributed by atoms with E-state index >= 15 is 0 Å². The van der Waals surface area contributed by atoms with Crippen LogP contribution in [0.1, 0.15) is 78.6 Å². The lowest BCUT2D eigenvalue weighted by Crippen LogP contribution is -2.46. The van der Waals surface area contributed by atoms with Crippen LogP contribution in [-0.2, 0) is 0 Å². The first kappa shape index (κ1) is 24.2. The minimum absolute atomic E-state index is 0.367. The van der Waals surface area contributed by atoms with Gasteiger partial charge < -0.3 is 20.2 Å². The number of hydrogen-bond donors (Lipinski definition) is 3. The van der Waals surface area contributed by atoms with E-state index < -0.39 is 17.8 Å². The van der Waals surface area contributed by atoms with Gasteiger partial charge in [-0.05, 0) is 92.6 Å². The average Bonchev–Trinajstić information content (AvgIpc) is 3.08. The van der Waals surface area contributed by atoms with Crippen molar-refractivity contribution in [1.82, 2.24) is 4.90 Å². The van der Waals surface area contributed by atoms with Crippen molar-refractivity contribution in [2.24, 2.45) is 23.2 Å². The molecule has 0 unspecified atom stereocenters. The molecule has 0 radical (unpaired) electrons. The Labute approximate surface area is 195 Å². The highest BCUT2D eigenvalue weighted by Gasteiger charge is 2.50. The van der Waals surface area contributed by atoms with E-state index in [9.17, 15) is 15.3 Å². The van der Waals surface area contributed by atoms with Crippen molar-refractivity contribution in [1.29, 1.82) is 0 Å². The molecule has 0 amide bonds. The van der Waals surface area contributed by atoms with Crippen LogP contribution < -0.4 is 0 Å². The van der Waals surface area contributed by atoms with E-state index in [1.165, 1.54) is 32.1 Å². The van der Waals surface area contributed by atoms with Crippen LogP contribution >= 0.6 is 0 Å². The fourth-order valence-electron chi connectivity index (χ4n) is 7.43. The molecule has 0 aromatic rings. The lowest BCUT2D eigenvalue weighted by atomic mass is 9.61. The van der Waals surface area contributed by atoms with E-state index in [-0.39, 0.29) is 0 Å². The van der Waals surface area contributed by atoms with Gasteiger partial charge in [-0.3, -0.25) is 0 Å². The van der Waals surface area contributed by atoms with Gasteiger partial charge in [-0.1, -0.05) is 38.2 Å². The van der Waals surface area contributed by atoms with Crippen molar-refractivity contribution in [3.8, 4) is 0 Å². The molecule has 32 heavy (non-hydrogen) atoms. The Kier molecular flexibility index (Phi) is 7.08. The van der Waals surface area contributed by atoms with Crippen LogP contribution in [0.2, 0.25) is 0 Å². The second-order valence-electron chi connectivity index (χ2n) is 11.9. The molecule has 4 rings (SSSR count). The van der Waals surface area contributed by atoms with Crippen LogP contribution in [0, 0.1) is 23.2 Å². The molecule has 180 valence electrons. The Morgan fingerprint density at radius 2 is 1.84 bits per heavy atom. The minimum Gasteiger partial charge on any atom is -0.393 e. The van der Waals surface area contributed by atoms with Gasteiger partial charge in [0.05, 0.1) is 17.8 Å². The molecular formula is C28H45NO3. The van der Waals surface area contributed by atoms with Crippen LogP contribution in [-0.4, -0.2) is 57.7 Å². The van der Waals surface area contributed by atoms with Crippen molar-refractivity contribution in [2.45, 2.75) is 96.4 Å². The van der Waals surface area contributed by atoms with Gasteiger partial charge in [-0.2, -0.15) is 0 Å². The Bertz CT molecular complexity index is 759. The first-order chi connectivity index (χ1) is 15.1. The van der Waals surface area contributed by atoms with Gasteiger partial charge >= 0.3 is 0 Å². The maximum Gasteiger partial charge on any atom is 0.0811 e. The normalized spacial score (nSPS) is 41.8. The lowest BCUT2D eigenvalue weighted by molar-refractivity contribution is -0.0145. The topological polar surface area (TPSA) is 63.9 Å². The van der Waals surface area contributed by atoms with Gasteiger partial charge in [-0.25, -0.2) is 0 Å². The maximum atomic E-state index is 10.3. The van der Waals surface area contributed by atoms with Crippen molar-refractivity contribution < 1.29 is 15.3 Å². The Hall–Kier alpha value is -0.940. The van der Waals surface area contributed by atoms with E-state index in [0.717, 1.165) is 49.5 Å². The molecule has 1 saturated heterocycles. The zero-order valence-corrected chi connectivity index (χ0v) is 20.5. The molecule has 3 N–H and O–H groups in total. The predicted octanol–water partition coefficient (Wildman–Crippen LogP) is 4.61. The molecule has 4 aliphatic rings. The third-order valence-electron chi connectivity index (χ3n) is 9.47. The molecule has 4 heteroatoms. The van der Waals surface area contributed by atoms with Crippen LogP contribution in [0.25, 0.3) is 0 Å². The molecule has 0 aromatic carbocycles. The minimum atomic E-state index is -0.616. The van der Waals surface area contributed by atoms with E-state index in [0.29, 0.717) is 30.1 Å². The largest absolute Gasteiger partial charge is 0.393 e. The first-order valence-electron chi connectivity index (χ1n) is 13.0. The van der Waals surface area contributed by atoms with Gasteiger partial charge in [-0.15, -0.1) is 0 Å². The zero-order valence-electron chi connectivity index (χ0n) is 20.5. The maximum absolute atomic E-state index is 10.3. The van der Waals surface area contributed by atoms with Crippen LogP contribution in [0.3, 0.4) is 0 Å². The molecule has 0 spiro atoms. The fourth-order valence-corrected chi connectivity index (χ4v) is 7.43. The summed E-state index contributed by atoms with van der Waals surface area (Å²) in [5.41, 5.74) is 3.25. The summed E-state index contributed by atoms with van der Waals surface area (Å²) in [6.07, 6.45) is 12.5. The number of rotatable bonds is 4. The summed E-state index contributed by atoms with van der Waals surface area (Å²) in [6.45, 7) is 14.2. The molecule has 1 heterocycles. The van der Waals surface area contributed by atoms with Crippen LogP contribution in [0.4, 0.5) is 0 Å². The molecule has 3 saturated carbocycles. The molecule has 4 fully saturated rings. The molecule has 6 atom stereocenters. The third-order valence-corrected chi connectivity index (χ3v) is 9.47. The summed E-state index contributed by atoms with van der Waals surface area (Å²) in [4.78, 5) is 2.58. The van der Waals surface area contributed by atoms with Crippen molar-refractivity contribution in [3.63, 3.8) is 0 Å². The zero-order chi connectivity index (χ0) is 23.1. The van der Waals surface area contributed by atoms with Crippen molar-refractivity contribution in [3.05, 3.63) is 35.5 Å². The summed E-state index contributed by atoms with van der Waals surface area (Å²) in [5, 5.41) is 30.5. The van der Waals surface area contributed by atoms with E-state index in [4.69, 9.17) is 0 Å². The van der Waals surface area contributed by atoms with Crippen molar-refractivity contribution >= 4 is 0 Å². The summed E-state index contributed by atoms with van der Waals surface area (Å²) in [5.74, 6) is 2.07.